The van der Waals surface area contributed by atoms with E-state index in [1.807, 2.05) is 0 Å². The van der Waals surface area contributed by atoms with Gasteiger partial charge in [-0.15, -0.1) is 0 Å². The first kappa shape index (κ1) is 15.3. The van der Waals surface area contributed by atoms with E-state index >= 15 is 0 Å². The van der Waals surface area contributed by atoms with Crippen LogP contribution in [0, 0.1) is 5.82 Å². The van der Waals surface area contributed by atoms with Crippen LogP contribution in [0.15, 0.2) is 46.9 Å². The van der Waals surface area contributed by atoms with Crippen molar-refractivity contribution >= 4 is 33.2 Å². The molecule has 2 N–H and O–H groups in total. The van der Waals surface area contributed by atoms with Gasteiger partial charge in [-0.05, 0) is 52.3 Å². The number of carbonyl (C=O) groups is 1. The highest BCUT2D eigenvalue weighted by Gasteiger charge is 2.08. The fourth-order valence-corrected chi connectivity index (χ4v) is 2.20. The van der Waals surface area contributed by atoms with Crippen molar-refractivity contribution in [3.05, 3.63) is 52.8 Å². The SMILES string of the molecule is COc1ccc(NC(=O)CNc2c(F)cccc2Br)cc1. The van der Waals surface area contributed by atoms with Crippen LogP contribution in [-0.2, 0) is 4.79 Å². The Morgan fingerprint density at radius 3 is 2.57 bits per heavy atom. The van der Waals surface area contributed by atoms with Gasteiger partial charge in [0.25, 0.3) is 0 Å². The maximum absolute atomic E-state index is 13.6. The van der Waals surface area contributed by atoms with Gasteiger partial charge < -0.3 is 15.4 Å². The summed E-state index contributed by atoms with van der Waals surface area (Å²) in [6, 6.07) is 11.6. The zero-order valence-electron chi connectivity index (χ0n) is 11.3. The average molecular weight is 353 g/mol. The third-order valence-corrected chi connectivity index (χ3v) is 3.42. The smallest absolute Gasteiger partial charge is 0.243 e. The number of ether oxygens (including phenoxy) is 1. The molecule has 2 aromatic rings. The third kappa shape index (κ3) is 4.19. The molecule has 0 heterocycles. The fraction of sp³-hybridized carbons (Fsp3) is 0.133. The second-order valence-corrected chi connectivity index (χ2v) is 5.08. The zero-order chi connectivity index (χ0) is 15.2. The van der Waals surface area contributed by atoms with Gasteiger partial charge in [0.15, 0.2) is 0 Å². The Balaban J connectivity index is 1.92. The number of anilines is 2. The highest BCUT2D eigenvalue weighted by molar-refractivity contribution is 9.10. The summed E-state index contributed by atoms with van der Waals surface area (Å²) in [4.78, 5) is 11.8. The lowest BCUT2D eigenvalue weighted by molar-refractivity contribution is -0.114. The number of hydrogen-bond donors (Lipinski definition) is 2. The Morgan fingerprint density at radius 2 is 1.95 bits per heavy atom. The van der Waals surface area contributed by atoms with Crippen LogP contribution in [0.5, 0.6) is 5.75 Å². The molecule has 0 saturated carbocycles. The number of rotatable bonds is 5. The minimum absolute atomic E-state index is 0.0361. The van der Waals surface area contributed by atoms with Crippen molar-refractivity contribution in [1.82, 2.24) is 0 Å². The highest BCUT2D eigenvalue weighted by atomic mass is 79.9. The monoisotopic (exact) mass is 352 g/mol. The number of nitrogens with one attached hydrogen (secondary N) is 2. The van der Waals surface area contributed by atoms with Crippen LogP contribution in [-0.4, -0.2) is 19.6 Å². The van der Waals surface area contributed by atoms with Gasteiger partial charge in [-0.25, -0.2) is 4.39 Å². The molecule has 2 rings (SSSR count). The van der Waals surface area contributed by atoms with Crippen LogP contribution < -0.4 is 15.4 Å². The van der Waals surface area contributed by atoms with E-state index in [2.05, 4.69) is 26.6 Å². The van der Waals surface area contributed by atoms with Crippen molar-refractivity contribution in [2.45, 2.75) is 0 Å². The molecule has 0 fully saturated rings. The van der Waals surface area contributed by atoms with Gasteiger partial charge in [-0.3, -0.25) is 4.79 Å². The van der Waals surface area contributed by atoms with E-state index in [9.17, 15) is 9.18 Å². The largest absolute Gasteiger partial charge is 0.497 e. The predicted molar refractivity (Wildman–Crippen MR) is 84.2 cm³/mol. The number of para-hydroxylation sites is 1. The normalized spacial score (nSPS) is 10.0. The highest BCUT2D eigenvalue weighted by Crippen LogP contribution is 2.24. The van der Waals surface area contributed by atoms with Crippen molar-refractivity contribution in [2.75, 3.05) is 24.3 Å². The Hall–Kier alpha value is -2.08. The van der Waals surface area contributed by atoms with Gasteiger partial charge >= 0.3 is 0 Å². The molecule has 21 heavy (non-hydrogen) atoms. The topological polar surface area (TPSA) is 50.4 Å². The quantitative estimate of drug-likeness (QED) is 0.863. The predicted octanol–water partition coefficient (Wildman–Crippen LogP) is 3.65. The maximum Gasteiger partial charge on any atom is 0.243 e. The van der Waals surface area contributed by atoms with Gasteiger partial charge in [0.2, 0.25) is 5.91 Å². The summed E-state index contributed by atoms with van der Waals surface area (Å²) in [7, 11) is 1.57. The average Bonchev–Trinajstić information content (AvgIpc) is 2.47. The molecule has 1 amide bonds. The van der Waals surface area contributed by atoms with Gasteiger partial charge in [-0.2, -0.15) is 0 Å². The summed E-state index contributed by atoms with van der Waals surface area (Å²) in [6.45, 7) is -0.0361. The van der Waals surface area contributed by atoms with E-state index in [1.165, 1.54) is 6.07 Å². The first-order valence-corrected chi connectivity index (χ1v) is 7.01. The molecule has 0 atom stereocenters. The Kier molecular flexibility index (Phi) is 5.16. The first-order chi connectivity index (χ1) is 10.1. The molecule has 2 aromatic carbocycles. The van der Waals surface area contributed by atoms with Crippen LogP contribution in [0.25, 0.3) is 0 Å². The van der Waals surface area contributed by atoms with E-state index < -0.39 is 5.82 Å². The molecule has 110 valence electrons. The molecule has 0 aliphatic heterocycles. The van der Waals surface area contributed by atoms with Crippen LogP contribution in [0.1, 0.15) is 0 Å². The number of methoxy groups -OCH3 is 1. The van der Waals surface area contributed by atoms with Crippen LogP contribution >= 0.6 is 15.9 Å². The molecule has 0 aliphatic carbocycles. The van der Waals surface area contributed by atoms with E-state index in [-0.39, 0.29) is 18.1 Å². The summed E-state index contributed by atoms with van der Waals surface area (Å²) < 4.78 is 19.2. The molecule has 0 aromatic heterocycles. The summed E-state index contributed by atoms with van der Waals surface area (Å²) in [6.07, 6.45) is 0. The molecule has 0 unspecified atom stereocenters. The Morgan fingerprint density at radius 1 is 1.24 bits per heavy atom. The molecule has 0 bridgehead atoms. The van der Waals surface area contributed by atoms with E-state index in [0.29, 0.717) is 15.9 Å². The van der Waals surface area contributed by atoms with E-state index in [4.69, 9.17) is 4.74 Å². The maximum atomic E-state index is 13.6. The second-order valence-electron chi connectivity index (χ2n) is 4.23. The molecule has 6 heteroatoms. The minimum Gasteiger partial charge on any atom is -0.497 e. The zero-order valence-corrected chi connectivity index (χ0v) is 12.9. The lowest BCUT2D eigenvalue weighted by atomic mass is 10.3. The van der Waals surface area contributed by atoms with E-state index in [1.54, 1.807) is 43.5 Å². The van der Waals surface area contributed by atoms with Crippen molar-refractivity contribution in [3.63, 3.8) is 0 Å². The summed E-state index contributed by atoms with van der Waals surface area (Å²) in [5, 5.41) is 5.47. The number of amides is 1. The van der Waals surface area contributed by atoms with Crippen LogP contribution in [0.4, 0.5) is 15.8 Å². The number of halogens is 2. The molecule has 4 nitrogen and oxygen atoms in total. The molecule has 0 saturated heterocycles. The first-order valence-electron chi connectivity index (χ1n) is 6.22. The Labute approximate surface area is 130 Å². The summed E-state index contributed by atoms with van der Waals surface area (Å²) >= 11 is 3.23. The number of carbonyl (C=O) groups excluding carboxylic acids is 1. The van der Waals surface area contributed by atoms with Crippen molar-refractivity contribution < 1.29 is 13.9 Å². The number of benzene rings is 2. The van der Waals surface area contributed by atoms with Gasteiger partial charge in [-0.1, -0.05) is 6.07 Å². The standard InChI is InChI=1S/C15H14BrFN2O2/c1-21-11-7-5-10(6-8-11)19-14(20)9-18-15-12(16)3-2-4-13(15)17/h2-8,18H,9H2,1H3,(H,19,20). The Bertz CT molecular complexity index is 612. The number of hydrogen-bond acceptors (Lipinski definition) is 3. The van der Waals surface area contributed by atoms with Crippen molar-refractivity contribution in [3.8, 4) is 5.75 Å². The molecular formula is C15H14BrFN2O2. The summed E-state index contributed by atoms with van der Waals surface area (Å²) in [5.41, 5.74) is 0.914. The molecular weight excluding hydrogens is 339 g/mol. The lowest BCUT2D eigenvalue weighted by Crippen LogP contribution is -2.22. The van der Waals surface area contributed by atoms with Crippen molar-refractivity contribution in [1.29, 1.82) is 0 Å². The van der Waals surface area contributed by atoms with Crippen LogP contribution in [0.3, 0.4) is 0 Å². The second kappa shape index (κ2) is 7.08. The third-order valence-electron chi connectivity index (χ3n) is 2.76. The van der Waals surface area contributed by atoms with Crippen molar-refractivity contribution in [2.24, 2.45) is 0 Å². The fourth-order valence-electron chi connectivity index (χ4n) is 1.71. The molecule has 0 aliphatic rings. The van der Waals surface area contributed by atoms with Crippen LogP contribution in [0.2, 0.25) is 0 Å². The molecule has 0 spiro atoms. The van der Waals surface area contributed by atoms with Gasteiger partial charge in [0, 0.05) is 10.2 Å². The van der Waals surface area contributed by atoms with E-state index in [0.717, 1.165) is 0 Å². The minimum atomic E-state index is -0.415. The molecule has 0 radical (unpaired) electrons. The lowest BCUT2D eigenvalue weighted by Gasteiger charge is -2.10. The summed E-state index contributed by atoms with van der Waals surface area (Å²) in [5.74, 6) is 0.0263. The van der Waals surface area contributed by atoms with Gasteiger partial charge in [0.05, 0.1) is 19.3 Å². The van der Waals surface area contributed by atoms with Gasteiger partial charge in [0.1, 0.15) is 11.6 Å².